The number of rotatable bonds is 3. The molecule has 1 aromatic carbocycles. The van der Waals surface area contributed by atoms with Crippen molar-refractivity contribution in [3.05, 3.63) is 35.9 Å². The lowest BCUT2D eigenvalue weighted by Gasteiger charge is -2.37. The van der Waals surface area contributed by atoms with E-state index in [0.717, 1.165) is 39.0 Å². The number of nitrogens with one attached hydrogen (secondary N) is 1. The molecule has 6 nitrogen and oxygen atoms in total. The first-order valence-electron chi connectivity index (χ1n) is 10.1. The van der Waals surface area contributed by atoms with Gasteiger partial charge >= 0.3 is 0 Å². The molecule has 3 aliphatic rings. The Morgan fingerprint density at radius 2 is 1.93 bits per heavy atom. The third-order valence-electron chi connectivity index (χ3n) is 6.51. The minimum Gasteiger partial charge on any atom is -0.338 e. The molecule has 3 fully saturated rings. The minimum atomic E-state index is 0.0794. The Labute approximate surface area is 161 Å². The van der Waals surface area contributed by atoms with E-state index in [-0.39, 0.29) is 29.8 Å². The number of hydrogen-bond acceptors (Lipinski definition) is 4. The van der Waals surface area contributed by atoms with E-state index in [2.05, 4.69) is 29.4 Å². The maximum Gasteiger partial charge on any atom is 0.242 e. The van der Waals surface area contributed by atoms with Gasteiger partial charge in [-0.15, -0.1) is 0 Å². The van der Waals surface area contributed by atoms with Crippen LogP contribution in [-0.2, 0) is 9.59 Å². The normalized spacial score (nSPS) is 26.0. The summed E-state index contributed by atoms with van der Waals surface area (Å²) >= 11 is 0. The Bertz CT molecular complexity index is 685. The van der Waals surface area contributed by atoms with Crippen LogP contribution < -0.4 is 5.32 Å². The Balaban J connectivity index is 1.35. The maximum absolute atomic E-state index is 12.9. The average Bonchev–Trinajstić information content (AvgIpc) is 3.00. The van der Waals surface area contributed by atoms with E-state index in [4.69, 9.17) is 0 Å². The number of piperazine rings is 1. The maximum atomic E-state index is 12.9. The van der Waals surface area contributed by atoms with Crippen molar-refractivity contribution in [2.24, 2.45) is 5.41 Å². The summed E-state index contributed by atoms with van der Waals surface area (Å²) in [7, 11) is 2.14. The highest BCUT2D eigenvalue weighted by Gasteiger charge is 2.45. The van der Waals surface area contributed by atoms with Gasteiger partial charge in [0.25, 0.3) is 0 Å². The quantitative estimate of drug-likeness (QED) is 0.866. The molecule has 1 spiro atoms. The molecule has 0 unspecified atom stereocenters. The highest BCUT2D eigenvalue weighted by Crippen LogP contribution is 2.40. The summed E-state index contributed by atoms with van der Waals surface area (Å²) in [4.78, 5) is 31.5. The summed E-state index contributed by atoms with van der Waals surface area (Å²) in [6.45, 7) is 5.24. The van der Waals surface area contributed by atoms with Crippen molar-refractivity contribution in [1.29, 1.82) is 0 Å². The van der Waals surface area contributed by atoms with Crippen molar-refractivity contribution >= 4 is 11.8 Å². The van der Waals surface area contributed by atoms with Crippen LogP contribution in [0.5, 0.6) is 0 Å². The fraction of sp³-hybridized carbons (Fsp3) is 0.619. The van der Waals surface area contributed by atoms with Crippen LogP contribution >= 0.6 is 0 Å². The minimum absolute atomic E-state index is 0.0794. The lowest BCUT2D eigenvalue weighted by Crippen LogP contribution is -2.51. The lowest BCUT2D eigenvalue weighted by atomic mass is 9.78. The van der Waals surface area contributed by atoms with Crippen LogP contribution in [0, 0.1) is 5.41 Å². The van der Waals surface area contributed by atoms with E-state index in [0.29, 0.717) is 19.5 Å². The summed E-state index contributed by atoms with van der Waals surface area (Å²) in [6.07, 6.45) is 2.73. The predicted molar refractivity (Wildman–Crippen MR) is 104 cm³/mol. The molecule has 2 amide bonds. The molecule has 0 bridgehead atoms. The molecule has 1 atom stereocenters. The number of carbonyl (C=O) groups is 2. The average molecular weight is 370 g/mol. The van der Waals surface area contributed by atoms with Gasteiger partial charge in [-0.2, -0.15) is 0 Å². The summed E-state index contributed by atoms with van der Waals surface area (Å²) in [6, 6.07) is 10.4. The molecule has 1 aromatic rings. The van der Waals surface area contributed by atoms with E-state index in [1.807, 2.05) is 28.0 Å². The van der Waals surface area contributed by atoms with Crippen LogP contribution in [0.15, 0.2) is 30.3 Å². The molecular formula is C21H30N4O2. The highest BCUT2D eigenvalue weighted by molar-refractivity contribution is 5.86. The Morgan fingerprint density at radius 3 is 2.67 bits per heavy atom. The van der Waals surface area contributed by atoms with Gasteiger partial charge in [-0.3, -0.25) is 9.59 Å². The fourth-order valence-corrected chi connectivity index (χ4v) is 4.70. The van der Waals surface area contributed by atoms with Crippen molar-refractivity contribution in [2.45, 2.75) is 25.3 Å². The fourth-order valence-electron chi connectivity index (χ4n) is 4.70. The molecule has 4 rings (SSSR count). The molecule has 0 radical (unpaired) electrons. The number of piperidine rings is 1. The van der Waals surface area contributed by atoms with Crippen LogP contribution in [0.25, 0.3) is 0 Å². The van der Waals surface area contributed by atoms with Gasteiger partial charge in [-0.25, -0.2) is 0 Å². The first kappa shape index (κ1) is 18.4. The lowest BCUT2D eigenvalue weighted by molar-refractivity contribution is -0.139. The van der Waals surface area contributed by atoms with Crippen LogP contribution in [0.1, 0.15) is 30.9 Å². The zero-order valence-corrected chi connectivity index (χ0v) is 16.2. The standard InChI is InChI=1S/C21H30N4O2/c1-23-10-7-21(8-11-23)13-19(26)25(16-21)15-20(27)24-12-9-22-18(14-24)17-5-3-2-4-6-17/h2-6,18,22H,7-16H2,1H3/t18-/m0/s1. The summed E-state index contributed by atoms with van der Waals surface area (Å²) in [5.74, 6) is 0.235. The van der Waals surface area contributed by atoms with Crippen molar-refractivity contribution in [3.63, 3.8) is 0 Å². The molecule has 3 saturated heterocycles. The molecule has 3 aliphatic heterocycles. The van der Waals surface area contributed by atoms with Crippen molar-refractivity contribution in [1.82, 2.24) is 20.0 Å². The van der Waals surface area contributed by atoms with E-state index in [9.17, 15) is 9.59 Å². The summed E-state index contributed by atoms with van der Waals surface area (Å²) < 4.78 is 0. The molecule has 0 saturated carbocycles. The van der Waals surface area contributed by atoms with Gasteiger partial charge in [0.05, 0.1) is 6.54 Å². The second-order valence-corrected chi connectivity index (χ2v) is 8.49. The number of amides is 2. The van der Waals surface area contributed by atoms with Gasteiger partial charge in [0.1, 0.15) is 0 Å². The van der Waals surface area contributed by atoms with Crippen LogP contribution in [-0.4, -0.2) is 79.4 Å². The highest BCUT2D eigenvalue weighted by atomic mass is 16.2. The van der Waals surface area contributed by atoms with Crippen LogP contribution in [0.4, 0.5) is 0 Å². The first-order valence-corrected chi connectivity index (χ1v) is 10.1. The monoisotopic (exact) mass is 370 g/mol. The van der Waals surface area contributed by atoms with Gasteiger partial charge < -0.3 is 20.0 Å². The van der Waals surface area contributed by atoms with Crippen molar-refractivity contribution < 1.29 is 9.59 Å². The third-order valence-corrected chi connectivity index (χ3v) is 6.51. The third kappa shape index (κ3) is 4.01. The van der Waals surface area contributed by atoms with Gasteiger partial charge in [-0.05, 0) is 44.0 Å². The van der Waals surface area contributed by atoms with E-state index < -0.39 is 0 Å². The van der Waals surface area contributed by atoms with Gasteiger partial charge in [0.15, 0.2) is 0 Å². The molecule has 6 heteroatoms. The van der Waals surface area contributed by atoms with Crippen molar-refractivity contribution in [3.8, 4) is 0 Å². The van der Waals surface area contributed by atoms with Gasteiger partial charge in [-0.1, -0.05) is 30.3 Å². The largest absolute Gasteiger partial charge is 0.338 e. The van der Waals surface area contributed by atoms with Gasteiger partial charge in [0, 0.05) is 38.6 Å². The topological polar surface area (TPSA) is 55.9 Å². The second-order valence-electron chi connectivity index (χ2n) is 8.49. The van der Waals surface area contributed by atoms with Crippen LogP contribution in [0.2, 0.25) is 0 Å². The predicted octanol–water partition coefficient (Wildman–Crippen LogP) is 1.10. The smallest absolute Gasteiger partial charge is 0.242 e. The second kappa shape index (κ2) is 7.60. The molecule has 27 heavy (non-hydrogen) atoms. The Hall–Kier alpha value is -1.92. The Kier molecular flexibility index (Phi) is 5.19. The van der Waals surface area contributed by atoms with E-state index in [1.54, 1.807) is 0 Å². The zero-order chi connectivity index (χ0) is 18.9. The zero-order valence-electron chi connectivity index (χ0n) is 16.2. The molecule has 1 N–H and O–H groups in total. The number of likely N-dealkylation sites (tertiary alicyclic amines) is 2. The number of hydrogen-bond donors (Lipinski definition) is 1. The first-order chi connectivity index (χ1) is 13.0. The van der Waals surface area contributed by atoms with E-state index in [1.165, 1.54) is 5.56 Å². The SMILES string of the molecule is CN1CCC2(CC1)CC(=O)N(CC(=O)N1CCN[C@H](c3ccccc3)C1)C2. The van der Waals surface area contributed by atoms with Crippen LogP contribution in [0.3, 0.4) is 0 Å². The molecule has 0 aromatic heterocycles. The number of carbonyl (C=O) groups excluding carboxylic acids is 2. The molecule has 146 valence electrons. The van der Waals surface area contributed by atoms with E-state index >= 15 is 0 Å². The van der Waals surface area contributed by atoms with Crippen molar-refractivity contribution in [2.75, 3.05) is 52.9 Å². The summed E-state index contributed by atoms with van der Waals surface area (Å²) in [5.41, 5.74) is 1.30. The van der Waals surface area contributed by atoms with Gasteiger partial charge in [0.2, 0.25) is 11.8 Å². The summed E-state index contributed by atoms with van der Waals surface area (Å²) in [5, 5.41) is 3.49. The number of nitrogens with zero attached hydrogens (tertiary/aromatic N) is 3. The molecule has 0 aliphatic carbocycles. The molecular weight excluding hydrogens is 340 g/mol. The Morgan fingerprint density at radius 1 is 1.19 bits per heavy atom. The molecule has 3 heterocycles. The number of benzene rings is 1.